The van der Waals surface area contributed by atoms with Crippen molar-refractivity contribution in [1.29, 1.82) is 0 Å². The van der Waals surface area contributed by atoms with E-state index in [0.717, 1.165) is 38.5 Å². The first-order valence-electron chi connectivity index (χ1n) is 11.0. The molecule has 0 fully saturated rings. The van der Waals surface area contributed by atoms with Crippen LogP contribution in [0, 0.1) is 0 Å². The third-order valence-electron chi connectivity index (χ3n) is 5.25. The molecule has 2 atom stereocenters. The molecule has 0 bridgehead atoms. The van der Waals surface area contributed by atoms with Crippen molar-refractivity contribution < 1.29 is 47.6 Å². The van der Waals surface area contributed by atoms with Crippen molar-refractivity contribution in [1.82, 2.24) is 0 Å². The largest absolute Gasteiger partial charge is 1.00 e. The van der Waals surface area contributed by atoms with Crippen molar-refractivity contribution >= 4 is 10.1 Å². The van der Waals surface area contributed by atoms with Gasteiger partial charge in [-0.25, -0.2) is 8.42 Å². The van der Waals surface area contributed by atoms with Gasteiger partial charge in [0.2, 0.25) is 0 Å². The smallest absolute Gasteiger partial charge is 0.748 e. The Labute approximate surface area is 191 Å². The van der Waals surface area contributed by atoms with Gasteiger partial charge in [-0.3, -0.25) is 0 Å². The zero-order valence-corrected chi connectivity index (χ0v) is 21.1. The molecule has 0 aliphatic heterocycles. The molecule has 0 aromatic rings. The third kappa shape index (κ3) is 19.9. The summed E-state index contributed by atoms with van der Waals surface area (Å²) in [6.07, 6.45) is 16.4. The van der Waals surface area contributed by atoms with Crippen LogP contribution in [0.1, 0.15) is 123 Å². The van der Waals surface area contributed by atoms with Crippen molar-refractivity contribution in [3.63, 3.8) is 0 Å². The van der Waals surface area contributed by atoms with Crippen molar-refractivity contribution in [3.05, 3.63) is 0 Å². The minimum atomic E-state index is -4.26. The van der Waals surface area contributed by atoms with Gasteiger partial charge in [0.25, 0.3) is 0 Å². The maximum atomic E-state index is 11.5. The summed E-state index contributed by atoms with van der Waals surface area (Å²) < 4.78 is 34.4. The number of unbranched alkanes of at least 4 members (excludes halogenated alkanes) is 11. The summed E-state index contributed by atoms with van der Waals surface area (Å²) in [7, 11) is -4.26. The van der Waals surface area contributed by atoms with Gasteiger partial charge in [-0.05, 0) is 25.7 Å². The van der Waals surface area contributed by atoms with E-state index in [2.05, 4.69) is 13.8 Å². The van der Waals surface area contributed by atoms with Gasteiger partial charge in [0, 0.05) is 5.25 Å². The molecule has 158 valence electrons. The summed E-state index contributed by atoms with van der Waals surface area (Å²) in [6.45, 7) is 4.36. The predicted octanol–water partition coefficient (Wildman–Crippen LogP) is 2.94. The van der Waals surface area contributed by atoms with Crippen LogP contribution < -0.4 is 29.6 Å². The van der Waals surface area contributed by atoms with Crippen molar-refractivity contribution in [2.45, 2.75) is 134 Å². The maximum Gasteiger partial charge on any atom is 1.00 e. The van der Waals surface area contributed by atoms with Crippen LogP contribution in [0.5, 0.6) is 0 Å². The van der Waals surface area contributed by atoms with Gasteiger partial charge >= 0.3 is 29.6 Å². The Bertz CT molecular complexity index is 401. The minimum absolute atomic E-state index is 0. The fraction of sp³-hybridized carbons (Fsp3) is 1.00. The molecule has 0 rings (SSSR count). The molecule has 0 spiro atoms. The van der Waals surface area contributed by atoms with Crippen LogP contribution in [0.25, 0.3) is 0 Å². The second-order valence-electron chi connectivity index (χ2n) is 7.81. The van der Waals surface area contributed by atoms with Crippen molar-refractivity contribution in [2.24, 2.45) is 0 Å². The Morgan fingerprint density at radius 2 is 1.07 bits per heavy atom. The molecule has 0 aliphatic rings. The minimum Gasteiger partial charge on any atom is -0.748 e. The molecule has 6 heteroatoms. The first-order chi connectivity index (χ1) is 12.4. The maximum absolute atomic E-state index is 11.5. The first kappa shape index (κ1) is 30.1. The fourth-order valence-electron chi connectivity index (χ4n) is 3.45. The van der Waals surface area contributed by atoms with E-state index in [1.807, 2.05) is 0 Å². The molecule has 0 saturated heterocycles. The van der Waals surface area contributed by atoms with Crippen LogP contribution in [0.3, 0.4) is 0 Å². The normalized spacial score (nSPS) is 13.9. The summed E-state index contributed by atoms with van der Waals surface area (Å²) in [5, 5.41) is 9.17. The average Bonchev–Trinajstić information content (AvgIpc) is 2.58. The SMILES string of the molecule is CCCCCCCCCCCC(CCC(O)CCCCCC)S(=O)(=O)[O-].[Na+]. The number of rotatable bonds is 19. The molecular weight excluding hydrogens is 371 g/mol. The van der Waals surface area contributed by atoms with E-state index in [1.165, 1.54) is 44.9 Å². The van der Waals surface area contributed by atoms with Crippen molar-refractivity contribution in [3.8, 4) is 0 Å². The van der Waals surface area contributed by atoms with Gasteiger partial charge < -0.3 is 9.66 Å². The van der Waals surface area contributed by atoms with Crippen LogP contribution in [0.15, 0.2) is 0 Å². The van der Waals surface area contributed by atoms with Crippen LogP contribution >= 0.6 is 0 Å². The summed E-state index contributed by atoms with van der Waals surface area (Å²) in [6, 6.07) is 0. The Morgan fingerprint density at radius 3 is 1.56 bits per heavy atom. The fourth-order valence-corrected chi connectivity index (χ4v) is 4.33. The molecule has 0 radical (unpaired) electrons. The van der Waals surface area contributed by atoms with Gasteiger partial charge in [-0.1, -0.05) is 97.3 Å². The third-order valence-corrected chi connectivity index (χ3v) is 6.54. The molecule has 27 heavy (non-hydrogen) atoms. The molecular formula is C21H43NaO4S. The molecule has 2 unspecified atom stereocenters. The van der Waals surface area contributed by atoms with Crippen LogP contribution in [0.4, 0.5) is 0 Å². The van der Waals surface area contributed by atoms with E-state index in [0.29, 0.717) is 25.7 Å². The van der Waals surface area contributed by atoms with Crippen LogP contribution in [0.2, 0.25) is 0 Å². The molecule has 1 N–H and O–H groups in total. The summed E-state index contributed by atoms with van der Waals surface area (Å²) in [4.78, 5) is 0. The van der Waals surface area contributed by atoms with Crippen molar-refractivity contribution in [2.75, 3.05) is 0 Å². The first-order valence-corrected chi connectivity index (χ1v) is 12.5. The van der Waals surface area contributed by atoms with Gasteiger partial charge in [0.15, 0.2) is 0 Å². The molecule has 0 aromatic carbocycles. The zero-order chi connectivity index (χ0) is 19.7. The number of hydrogen-bond donors (Lipinski definition) is 1. The average molecular weight is 415 g/mol. The Kier molecular flexibility index (Phi) is 22.4. The van der Waals surface area contributed by atoms with Gasteiger partial charge in [-0.15, -0.1) is 0 Å². The van der Waals surface area contributed by atoms with E-state index < -0.39 is 21.5 Å². The second kappa shape index (κ2) is 20.2. The molecule has 0 aromatic heterocycles. The number of aliphatic hydroxyl groups is 1. The Hall–Kier alpha value is 0.870. The molecule has 0 aliphatic carbocycles. The molecule has 0 amide bonds. The number of aliphatic hydroxyl groups excluding tert-OH is 1. The van der Waals surface area contributed by atoms with Gasteiger partial charge in [-0.2, -0.15) is 0 Å². The van der Waals surface area contributed by atoms with E-state index in [-0.39, 0.29) is 29.6 Å². The molecule has 4 nitrogen and oxygen atoms in total. The van der Waals surface area contributed by atoms with Gasteiger partial charge in [0.1, 0.15) is 0 Å². The Morgan fingerprint density at radius 1 is 0.667 bits per heavy atom. The van der Waals surface area contributed by atoms with Crippen LogP contribution in [-0.2, 0) is 10.1 Å². The van der Waals surface area contributed by atoms with Gasteiger partial charge in [0.05, 0.1) is 16.2 Å². The molecule has 0 heterocycles. The zero-order valence-electron chi connectivity index (χ0n) is 18.3. The van der Waals surface area contributed by atoms with Crippen LogP contribution in [-0.4, -0.2) is 29.4 Å². The van der Waals surface area contributed by atoms with E-state index >= 15 is 0 Å². The predicted molar refractivity (Wildman–Crippen MR) is 109 cm³/mol. The summed E-state index contributed by atoms with van der Waals surface area (Å²) in [5.74, 6) is 0. The summed E-state index contributed by atoms with van der Waals surface area (Å²) >= 11 is 0. The Balaban J connectivity index is 0. The second-order valence-corrected chi connectivity index (χ2v) is 9.46. The quantitative estimate of drug-likeness (QED) is 0.200. The number of hydrogen-bond acceptors (Lipinski definition) is 4. The van der Waals surface area contributed by atoms with E-state index in [4.69, 9.17) is 0 Å². The standard InChI is InChI=1S/C21H44O4S.Na/c1-3-5-7-9-10-11-12-13-15-17-21(26(23,24)25)19-18-20(22)16-14-8-6-4-2;/h20-22H,3-19H2,1-2H3,(H,23,24,25);/q;+1/p-1. The molecule has 0 saturated carbocycles. The summed E-state index contributed by atoms with van der Waals surface area (Å²) in [5.41, 5.74) is 0. The topological polar surface area (TPSA) is 77.4 Å². The van der Waals surface area contributed by atoms with E-state index in [9.17, 15) is 18.1 Å². The monoisotopic (exact) mass is 414 g/mol. The van der Waals surface area contributed by atoms with E-state index in [1.54, 1.807) is 0 Å².